The first-order chi connectivity index (χ1) is 10.6. The topological polar surface area (TPSA) is 64.1 Å². The number of ether oxygens (including phenoxy) is 1. The molecule has 0 aliphatic heterocycles. The smallest absolute Gasteiger partial charge is 0.266 e. The molecule has 0 radical (unpaired) electrons. The van der Waals surface area contributed by atoms with E-state index in [-0.39, 0.29) is 5.91 Å². The number of para-hydroxylation sites is 1. The largest absolute Gasteiger partial charge is 0.481 e. The number of nitrogens with zero attached hydrogens (tertiary/aromatic N) is 2. The fourth-order valence-electron chi connectivity index (χ4n) is 2.00. The second-order valence-electron chi connectivity index (χ2n) is 5.20. The van der Waals surface area contributed by atoms with Crippen LogP contribution < -0.4 is 10.1 Å². The molecule has 0 fully saturated rings. The highest BCUT2D eigenvalue weighted by Crippen LogP contribution is 2.26. The Kier molecular flexibility index (Phi) is 5.89. The van der Waals surface area contributed by atoms with Gasteiger partial charge in [-0.2, -0.15) is 0 Å². The molecule has 1 N–H and O–H groups in total. The Morgan fingerprint density at radius 2 is 2.00 bits per heavy atom. The molecule has 22 heavy (non-hydrogen) atoms. The summed E-state index contributed by atoms with van der Waals surface area (Å²) >= 11 is 1.42. The lowest BCUT2D eigenvalue weighted by atomic mass is 10.1. The quantitative estimate of drug-likeness (QED) is 0.842. The van der Waals surface area contributed by atoms with Gasteiger partial charge in [0.2, 0.25) is 5.13 Å². The van der Waals surface area contributed by atoms with E-state index >= 15 is 0 Å². The van der Waals surface area contributed by atoms with E-state index in [0.717, 1.165) is 17.8 Å². The van der Waals surface area contributed by atoms with Gasteiger partial charge in [-0.05, 0) is 25.5 Å². The fraction of sp³-hybridized carbons (Fsp3) is 0.438. The van der Waals surface area contributed by atoms with Crippen LogP contribution in [0.1, 0.15) is 44.5 Å². The van der Waals surface area contributed by atoms with E-state index in [4.69, 9.17) is 4.74 Å². The molecule has 0 aliphatic rings. The highest BCUT2D eigenvalue weighted by molar-refractivity contribution is 7.15. The molecular weight excluding hydrogens is 298 g/mol. The van der Waals surface area contributed by atoms with Gasteiger partial charge in [0.25, 0.3) is 5.91 Å². The van der Waals surface area contributed by atoms with Gasteiger partial charge >= 0.3 is 0 Å². The molecule has 118 valence electrons. The SMILES string of the molecule is CCC[C@@H](C)c1nnc(NC(=O)[C@@H](C)Oc2ccccc2)s1. The lowest BCUT2D eigenvalue weighted by Gasteiger charge is -2.13. The van der Waals surface area contributed by atoms with Crippen LogP contribution in [-0.2, 0) is 4.79 Å². The van der Waals surface area contributed by atoms with E-state index in [1.165, 1.54) is 11.3 Å². The molecule has 5 nitrogen and oxygen atoms in total. The number of rotatable bonds is 7. The van der Waals surface area contributed by atoms with Crippen molar-refractivity contribution in [3.05, 3.63) is 35.3 Å². The van der Waals surface area contributed by atoms with E-state index in [0.29, 0.717) is 16.8 Å². The van der Waals surface area contributed by atoms with E-state index < -0.39 is 6.10 Å². The average Bonchev–Trinajstić information content (AvgIpc) is 2.97. The molecule has 6 heteroatoms. The zero-order valence-electron chi connectivity index (χ0n) is 13.1. The molecule has 0 saturated heterocycles. The Labute approximate surface area is 134 Å². The number of carbonyl (C=O) groups excluding carboxylic acids is 1. The van der Waals surface area contributed by atoms with Gasteiger partial charge in [0.1, 0.15) is 10.8 Å². The van der Waals surface area contributed by atoms with Crippen molar-refractivity contribution in [3.63, 3.8) is 0 Å². The Morgan fingerprint density at radius 1 is 1.27 bits per heavy atom. The monoisotopic (exact) mass is 319 g/mol. The molecule has 2 aromatic rings. The summed E-state index contributed by atoms with van der Waals surface area (Å²) < 4.78 is 5.59. The maximum atomic E-state index is 12.1. The maximum absolute atomic E-state index is 12.1. The third-order valence-corrected chi connectivity index (χ3v) is 4.31. The molecule has 0 saturated carbocycles. The van der Waals surface area contributed by atoms with E-state index in [1.54, 1.807) is 6.92 Å². The summed E-state index contributed by atoms with van der Waals surface area (Å²) in [7, 11) is 0. The minimum atomic E-state index is -0.595. The van der Waals surface area contributed by atoms with Gasteiger partial charge in [-0.15, -0.1) is 10.2 Å². The van der Waals surface area contributed by atoms with Crippen LogP contribution in [0.15, 0.2) is 30.3 Å². The molecule has 1 amide bonds. The summed E-state index contributed by atoms with van der Waals surface area (Å²) in [6.07, 6.45) is 1.57. The summed E-state index contributed by atoms with van der Waals surface area (Å²) in [5, 5.41) is 12.4. The number of anilines is 1. The van der Waals surface area contributed by atoms with Gasteiger partial charge in [-0.3, -0.25) is 10.1 Å². The van der Waals surface area contributed by atoms with Crippen molar-refractivity contribution in [1.29, 1.82) is 0 Å². The van der Waals surface area contributed by atoms with Crippen LogP contribution in [0, 0.1) is 0 Å². The number of benzene rings is 1. The van der Waals surface area contributed by atoms with Crippen molar-refractivity contribution in [1.82, 2.24) is 10.2 Å². The molecule has 0 aliphatic carbocycles. The van der Waals surface area contributed by atoms with Crippen LogP contribution >= 0.6 is 11.3 Å². The molecule has 0 unspecified atom stereocenters. The summed E-state index contributed by atoms with van der Waals surface area (Å²) in [5.41, 5.74) is 0. The average molecular weight is 319 g/mol. The first-order valence-corrected chi connectivity index (χ1v) is 8.27. The van der Waals surface area contributed by atoms with Crippen LogP contribution in [-0.4, -0.2) is 22.2 Å². The predicted molar refractivity (Wildman–Crippen MR) is 88.4 cm³/mol. The molecule has 0 bridgehead atoms. The predicted octanol–water partition coefficient (Wildman–Crippen LogP) is 3.85. The first-order valence-electron chi connectivity index (χ1n) is 7.46. The number of nitrogens with one attached hydrogen (secondary N) is 1. The number of hydrogen-bond acceptors (Lipinski definition) is 5. The van der Waals surface area contributed by atoms with Crippen LogP contribution in [0.4, 0.5) is 5.13 Å². The van der Waals surface area contributed by atoms with Crippen molar-refractivity contribution in [3.8, 4) is 5.75 Å². The van der Waals surface area contributed by atoms with Crippen molar-refractivity contribution in [2.45, 2.75) is 45.6 Å². The number of carbonyl (C=O) groups is 1. The van der Waals surface area contributed by atoms with Gasteiger partial charge in [0, 0.05) is 5.92 Å². The molecule has 1 aromatic carbocycles. The van der Waals surface area contributed by atoms with Gasteiger partial charge in [-0.1, -0.05) is 49.8 Å². The molecular formula is C16H21N3O2S. The Hall–Kier alpha value is -1.95. The van der Waals surface area contributed by atoms with Crippen LogP contribution in [0.2, 0.25) is 0 Å². The summed E-state index contributed by atoms with van der Waals surface area (Å²) in [6, 6.07) is 9.27. The second kappa shape index (κ2) is 7.89. The lowest BCUT2D eigenvalue weighted by Crippen LogP contribution is -2.30. The number of aromatic nitrogens is 2. The number of hydrogen-bond donors (Lipinski definition) is 1. The van der Waals surface area contributed by atoms with Crippen molar-refractivity contribution >= 4 is 22.4 Å². The van der Waals surface area contributed by atoms with E-state index in [2.05, 4.69) is 29.4 Å². The Balaban J connectivity index is 1.91. The molecule has 1 heterocycles. The number of amides is 1. The van der Waals surface area contributed by atoms with Crippen molar-refractivity contribution < 1.29 is 9.53 Å². The maximum Gasteiger partial charge on any atom is 0.266 e. The Bertz CT molecular complexity index is 600. The molecule has 2 rings (SSSR count). The van der Waals surface area contributed by atoms with Crippen LogP contribution in [0.5, 0.6) is 5.75 Å². The van der Waals surface area contributed by atoms with Gasteiger partial charge < -0.3 is 4.74 Å². The third-order valence-electron chi connectivity index (χ3n) is 3.24. The zero-order valence-corrected chi connectivity index (χ0v) is 13.9. The van der Waals surface area contributed by atoms with Gasteiger partial charge in [-0.25, -0.2) is 0 Å². The highest BCUT2D eigenvalue weighted by Gasteiger charge is 2.18. The van der Waals surface area contributed by atoms with Crippen molar-refractivity contribution in [2.75, 3.05) is 5.32 Å². The van der Waals surface area contributed by atoms with Gasteiger partial charge in [0.05, 0.1) is 0 Å². The summed E-state index contributed by atoms with van der Waals surface area (Å²) in [4.78, 5) is 12.1. The lowest BCUT2D eigenvalue weighted by molar-refractivity contribution is -0.122. The third kappa shape index (κ3) is 4.53. The van der Waals surface area contributed by atoms with Crippen LogP contribution in [0.3, 0.4) is 0 Å². The fourth-order valence-corrected chi connectivity index (χ4v) is 2.84. The zero-order chi connectivity index (χ0) is 15.9. The highest BCUT2D eigenvalue weighted by atomic mass is 32.1. The Morgan fingerprint density at radius 3 is 2.68 bits per heavy atom. The van der Waals surface area contributed by atoms with E-state index in [1.807, 2.05) is 30.3 Å². The van der Waals surface area contributed by atoms with E-state index in [9.17, 15) is 4.79 Å². The van der Waals surface area contributed by atoms with Crippen molar-refractivity contribution in [2.24, 2.45) is 0 Å². The minimum Gasteiger partial charge on any atom is -0.481 e. The van der Waals surface area contributed by atoms with Gasteiger partial charge in [0.15, 0.2) is 6.10 Å². The molecule has 2 atom stereocenters. The second-order valence-corrected chi connectivity index (χ2v) is 6.21. The van der Waals surface area contributed by atoms with Crippen LogP contribution in [0.25, 0.3) is 0 Å². The standard InChI is InChI=1S/C16H21N3O2S/c1-4-8-11(2)15-18-19-16(22-15)17-14(20)12(3)21-13-9-6-5-7-10-13/h5-7,9-12H,4,8H2,1-3H3,(H,17,19,20)/t11-,12-/m1/s1. The first kappa shape index (κ1) is 16.4. The summed E-state index contributed by atoms with van der Waals surface area (Å²) in [6.45, 7) is 5.98. The minimum absolute atomic E-state index is 0.227. The molecule has 0 spiro atoms. The molecule has 1 aromatic heterocycles. The summed E-state index contributed by atoms with van der Waals surface area (Å²) in [5.74, 6) is 0.806. The normalized spacial score (nSPS) is 13.4.